The minimum Gasteiger partial charge on any atom is -0.454 e. The summed E-state index contributed by atoms with van der Waals surface area (Å²) in [5.41, 5.74) is 1.40. The van der Waals surface area contributed by atoms with E-state index in [2.05, 4.69) is 26.1 Å². The highest BCUT2D eigenvalue weighted by Crippen LogP contribution is 2.70. The molecule has 3 aliphatic rings. The van der Waals surface area contributed by atoms with Gasteiger partial charge in [-0.3, -0.25) is 4.79 Å². The zero-order chi connectivity index (χ0) is 21.6. The average Bonchev–Trinajstić information content (AvgIpc) is 3.31. The van der Waals surface area contributed by atoms with Gasteiger partial charge in [-0.1, -0.05) is 32.9 Å². The van der Waals surface area contributed by atoms with Crippen LogP contribution in [0, 0.1) is 11.2 Å². The molecule has 0 spiro atoms. The number of halogens is 1. The fourth-order valence-corrected chi connectivity index (χ4v) is 5.79. The number of amides is 1. The maximum atomic E-state index is 14.3. The summed E-state index contributed by atoms with van der Waals surface area (Å²) in [6, 6.07) is 9.89. The monoisotopic (exact) mass is 419 g/mol. The van der Waals surface area contributed by atoms with Crippen molar-refractivity contribution in [3.63, 3.8) is 0 Å². The molecule has 6 rings (SSSR count). The van der Waals surface area contributed by atoms with Crippen molar-refractivity contribution in [1.29, 1.82) is 0 Å². The predicted molar refractivity (Wildman–Crippen MR) is 113 cm³/mol. The van der Waals surface area contributed by atoms with Crippen LogP contribution in [-0.2, 0) is 15.6 Å². The van der Waals surface area contributed by atoms with Crippen LogP contribution in [-0.4, -0.2) is 22.7 Å². The van der Waals surface area contributed by atoms with Gasteiger partial charge in [0.05, 0.1) is 33.5 Å². The van der Waals surface area contributed by atoms with Crippen LogP contribution in [0.15, 0.2) is 36.4 Å². The fraction of sp³-hybridized carbons (Fsp3) is 0.375. The Bertz CT molecular complexity index is 1290. The van der Waals surface area contributed by atoms with E-state index in [0.29, 0.717) is 29.1 Å². The van der Waals surface area contributed by atoms with Gasteiger partial charge in [0, 0.05) is 17.5 Å². The molecule has 1 saturated carbocycles. The molecule has 1 aromatic heterocycles. The smallest absolute Gasteiger partial charge is 0.237 e. The number of hydrogen-bond acceptors (Lipinski definition) is 5. The number of nitrogens with one attached hydrogen (secondary N) is 1. The van der Waals surface area contributed by atoms with Crippen LogP contribution >= 0.6 is 0 Å². The molecule has 31 heavy (non-hydrogen) atoms. The fourth-order valence-electron chi connectivity index (χ4n) is 5.79. The predicted octanol–water partition coefficient (Wildman–Crippen LogP) is 4.47. The van der Waals surface area contributed by atoms with Gasteiger partial charge in [-0.05, 0) is 30.4 Å². The Hall–Kier alpha value is -3.22. The first kappa shape index (κ1) is 18.5. The van der Waals surface area contributed by atoms with Crippen molar-refractivity contribution in [3.05, 3.63) is 53.6 Å². The Morgan fingerprint density at radius 1 is 1.00 bits per heavy atom. The zero-order valence-corrected chi connectivity index (χ0v) is 17.6. The van der Waals surface area contributed by atoms with Gasteiger partial charge in [-0.2, -0.15) is 0 Å². The largest absolute Gasteiger partial charge is 0.454 e. The van der Waals surface area contributed by atoms with Gasteiger partial charge in [0.2, 0.25) is 12.7 Å². The van der Waals surface area contributed by atoms with Gasteiger partial charge in [0.25, 0.3) is 0 Å². The first-order valence-electron chi connectivity index (χ1n) is 10.5. The van der Waals surface area contributed by atoms with Crippen molar-refractivity contribution in [2.45, 2.75) is 44.4 Å². The van der Waals surface area contributed by atoms with Crippen molar-refractivity contribution in [2.24, 2.45) is 5.41 Å². The van der Waals surface area contributed by atoms with E-state index < -0.39 is 16.6 Å². The van der Waals surface area contributed by atoms with Crippen molar-refractivity contribution < 1.29 is 18.7 Å². The number of aromatic nitrogens is 2. The molecule has 0 saturated heterocycles. The van der Waals surface area contributed by atoms with E-state index in [4.69, 9.17) is 19.4 Å². The Balaban J connectivity index is 1.55. The van der Waals surface area contributed by atoms with Crippen LogP contribution in [0.25, 0.3) is 11.0 Å². The molecule has 6 nitrogen and oxygen atoms in total. The summed E-state index contributed by atoms with van der Waals surface area (Å²) in [5.74, 6) is 0.586. The number of rotatable bonds is 2. The standard InChI is InChI=1S/C24H22FN3O3/c1-22(2)23(3)8-9-24(22,21(29)28-14-7-5-4-6-13(14)25)20-19(23)26-15-10-17-18(31-12-30-17)11-16(15)27-20/h4-7,10-11H,8-9,12H2,1-3H3,(H,28,29). The molecule has 2 heterocycles. The number of carbonyl (C=O) groups is 1. The molecule has 158 valence electrons. The number of carbonyl (C=O) groups excluding carboxylic acids is 1. The number of nitrogens with zero attached hydrogens (tertiary/aromatic N) is 2. The summed E-state index contributed by atoms with van der Waals surface area (Å²) in [4.78, 5) is 23.7. The first-order chi connectivity index (χ1) is 14.8. The highest BCUT2D eigenvalue weighted by molar-refractivity contribution is 6.02. The van der Waals surface area contributed by atoms with E-state index >= 15 is 0 Å². The molecule has 1 amide bonds. The maximum Gasteiger partial charge on any atom is 0.237 e. The lowest BCUT2D eigenvalue weighted by atomic mass is 9.63. The lowest BCUT2D eigenvalue weighted by Gasteiger charge is -2.39. The van der Waals surface area contributed by atoms with Crippen molar-refractivity contribution in [3.8, 4) is 11.5 Å². The minimum absolute atomic E-state index is 0.172. The van der Waals surface area contributed by atoms with E-state index in [1.54, 1.807) is 18.2 Å². The number of ether oxygens (including phenoxy) is 2. The van der Waals surface area contributed by atoms with E-state index in [9.17, 15) is 9.18 Å². The first-order valence-corrected chi connectivity index (χ1v) is 10.5. The van der Waals surface area contributed by atoms with Crippen LogP contribution < -0.4 is 14.8 Å². The minimum atomic E-state index is -0.906. The Morgan fingerprint density at radius 3 is 2.32 bits per heavy atom. The van der Waals surface area contributed by atoms with Crippen LogP contribution in [0.3, 0.4) is 0 Å². The number of fused-ring (bicyclic) bond motifs is 7. The quantitative estimate of drug-likeness (QED) is 0.664. The van der Waals surface area contributed by atoms with E-state index in [1.807, 2.05) is 12.1 Å². The summed E-state index contributed by atoms with van der Waals surface area (Å²) >= 11 is 0. The third kappa shape index (κ3) is 2.09. The molecule has 7 heteroatoms. The zero-order valence-electron chi connectivity index (χ0n) is 17.6. The van der Waals surface area contributed by atoms with E-state index in [1.165, 1.54) is 6.07 Å². The Labute approximate surface area is 178 Å². The average molecular weight is 419 g/mol. The molecule has 2 bridgehead atoms. The second kappa shape index (κ2) is 5.72. The van der Waals surface area contributed by atoms with Gasteiger partial charge in [0.15, 0.2) is 11.5 Å². The molecule has 2 atom stereocenters. The highest BCUT2D eigenvalue weighted by Gasteiger charge is 2.73. The topological polar surface area (TPSA) is 73.3 Å². The van der Waals surface area contributed by atoms with Crippen LogP contribution in [0.2, 0.25) is 0 Å². The number of hydrogen-bond donors (Lipinski definition) is 1. The van der Waals surface area contributed by atoms with Crippen molar-refractivity contribution in [2.75, 3.05) is 12.1 Å². The summed E-state index contributed by atoms with van der Waals surface area (Å²) < 4.78 is 25.3. The molecule has 2 aromatic carbocycles. The molecule has 3 aromatic rings. The van der Waals surface area contributed by atoms with Gasteiger partial charge < -0.3 is 14.8 Å². The summed E-state index contributed by atoms with van der Waals surface area (Å²) in [6.45, 7) is 6.53. The lowest BCUT2D eigenvalue weighted by molar-refractivity contribution is -0.125. The van der Waals surface area contributed by atoms with Crippen molar-refractivity contribution in [1.82, 2.24) is 9.97 Å². The molecule has 2 unspecified atom stereocenters. The molecule has 1 aliphatic heterocycles. The molecular formula is C24H22FN3O3. The van der Waals surface area contributed by atoms with Gasteiger partial charge in [-0.15, -0.1) is 0 Å². The molecular weight excluding hydrogens is 397 g/mol. The summed E-state index contributed by atoms with van der Waals surface area (Å²) in [5, 5.41) is 2.85. The van der Waals surface area contributed by atoms with Gasteiger partial charge in [-0.25, -0.2) is 14.4 Å². The Kier molecular flexibility index (Phi) is 3.42. The maximum absolute atomic E-state index is 14.3. The third-order valence-electron chi connectivity index (χ3n) is 8.04. The highest BCUT2D eigenvalue weighted by atomic mass is 19.1. The summed E-state index contributed by atoms with van der Waals surface area (Å²) in [7, 11) is 0. The van der Waals surface area contributed by atoms with Gasteiger partial charge >= 0.3 is 0 Å². The summed E-state index contributed by atoms with van der Waals surface area (Å²) in [6.07, 6.45) is 1.44. The molecule has 2 aliphatic carbocycles. The number of para-hydroxylation sites is 1. The van der Waals surface area contributed by atoms with Crippen LogP contribution in [0.4, 0.5) is 10.1 Å². The molecule has 1 fully saturated rings. The number of benzene rings is 2. The third-order valence-corrected chi connectivity index (χ3v) is 8.04. The van der Waals surface area contributed by atoms with Gasteiger partial charge in [0.1, 0.15) is 5.82 Å². The van der Waals surface area contributed by atoms with Crippen LogP contribution in [0.5, 0.6) is 11.5 Å². The second-order valence-electron chi connectivity index (χ2n) is 9.41. The number of anilines is 1. The lowest BCUT2D eigenvalue weighted by Crippen LogP contribution is -2.48. The van der Waals surface area contributed by atoms with E-state index in [-0.39, 0.29) is 23.8 Å². The Morgan fingerprint density at radius 2 is 1.65 bits per heavy atom. The second-order valence-corrected chi connectivity index (χ2v) is 9.41. The van der Waals surface area contributed by atoms with E-state index in [0.717, 1.165) is 17.6 Å². The van der Waals surface area contributed by atoms with Crippen molar-refractivity contribution >= 4 is 22.6 Å². The normalized spacial score (nSPS) is 26.8. The molecule has 0 radical (unpaired) electrons. The SMILES string of the molecule is CC12CCC(C(=O)Nc3ccccc3F)(c3nc4cc5c(cc4nc31)OCO5)C2(C)C. The van der Waals surface area contributed by atoms with Crippen LogP contribution in [0.1, 0.15) is 45.0 Å². The molecule has 1 N–H and O–H groups in total.